The van der Waals surface area contributed by atoms with Crippen molar-refractivity contribution in [2.24, 2.45) is 0 Å². The molecule has 0 radical (unpaired) electrons. The van der Waals surface area contributed by atoms with Crippen molar-refractivity contribution < 1.29 is 9.90 Å². The van der Waals surface area contributed by atoms with E-state index in [1.165, 1.54) is 23.0 Å². The molecule has 0 bridgehead atoms. The molecule has 0 fully saturated rings. The Kier molecular flexibility index (Phi) is 1.42. The van der Waals surface area contributed by atoms with Gasteiger partial charge in [0.15, 0.2) is 5.69 Å². The van der Waals surface area contributed by atoms with E-state index in [9.17, 15) is 4.79 Å². The van der Waals surface area contributed by atoms with Crippen LogP contribution in [0.2, 0.25) is 0 Å². The number of carboxylic acids is 1. The number of fused-ring (bicyclic) bond motifs is 1. The van der Waals surface area contributed by atoms with Crippen molar-refractivity contribution >= 4 is 17.4 Å². The van der Waals surface area contributed by atoms with Crippen LogP contribution in [-0.4, -0.2) is 25.4 Å². The lowest BCUT2D eigenvalue weighted by Crippen LogP contribution is -1.94. The first kappa shape index (κ1) is 7.53. The van der Waals surface area contributed by atoms with E-state index in [-0.39, 0.29) is 5.69 Å². The molecule has 0 aliphatic rings. The molecule has 0 atom stereocenters. The van der Waals surface area contributed by atoms with E-state index < -0.39 is 5.97 Å². The van der Waals surface area contributed by atoms with Crippen molar-refractivity contribution in [3.05, 3.63) is 24.3 Å². The molecule has 2 rings (SSSR count). The van der Waals surface area contributed by atoms with Crippen LogP contribution in [0, 0.1) is 0 Å². The number of nitrogen functional groups attached to an aromatic ring is 1. The highest BCUT2D eigenvalue weighted by Gasteiger charge is 2.08. The molecule has 0 unspecified atom stereocenters. The monoisotopic (exact) mass is 178 g/mol. The third-order valence-electron chi connectivity index (χ3n) is 1.59. The van der Waals surface area contributed by atoms with Crippen molar-refractivity contribution in [3.8, 4) is 0 Å². The fraction of sp³-hybridized carbons (Fsp3) is 0. The number of aromatic nitrogens is 3. The Balaban J connectivity index is 2.68. The summed E-state index contributed by atoms with van der Waals surface area (Å²) in [5.41, 5.74) is 5.85. The Hall–Kier alpha value is -2.11. The maximum absolute atomic E-state index is 10.5. The molecule has 0 saturated heterocycles. The van der Waals surface area contributed by atoms with Crippen LogP contribution in [0.5, 0.6) is 0 Å². The summed E-state index contributed by atoms with van der Waals surface area (Å²) < 4.78 is 1.50. The maximum Gasteiger partial charge on any atom is 0.356 e. The standard InChI is InChI=1S/C7H6N4O2/c8-5-1-6-10-4(7(12)13)2-11(6)3-9-5/h1-3H,8H2,(H,12,13). The van der Waals surface area contributed by atoms with Gasteiger partial charge in [-0.3, -0.25) is 4.40 Å². The topological polar surface area (TPSA) is 93.5 Å². The molecule has 0 saturated carbocycles. The van der Waals surface area contributed by atoms with Gasteiger partial charge in [0, 0.05) is 12.3 Å². The van der Waals surface area contributed by atoms with Crippen molar-refractivity contribution in [1.29, 1.82) is 0 Å². The minimum absolute atomic E-state index is 0.0209. The molecule has 0 aromatic carbocycles. The summed E-state index contributed by atoms with van der Waals surface area (Å²) in [5, 5.41) is 8.63. The molecular weight excluding hydrogens is 172 g/mol. The Morgan fingerprint density at radius 1 is 1.62 bits per heavy atom. The molecule has 2 heterocycles. The first-order valence-electron chi connectivity index (χ1n) is 3.50. The average molecular weight is 178 g/mol. The van der Waals surface area contributed by atoms with Crippen molar-refractivity contribution in [2.75, 3.05) is 5.73 Å². The number of hydrogen-bond donors (Lipinski definition) is 2. The zero-order valence-electron chi connectivity index (χ0n) is 6.51. The van der Waals surface area contributed by atoms with Crippen LogP contribution in [0.4, 0.5) is 5.82 Å². The molecule has 0 aliphatic heterocycles. The number of hydrogen-bond acceptors (Lipinski definition) is 4. The Labute approximate surface area is 72.6 Å². The van der Waals surface area contributed by atoms with Gasteiger partial charge in [0.25, 0.3) is 0 Å². The molecule has 2 aromatic rings. The summed E-state index contributed by atoms with van der Waals surface area (Å²) in [5.74, 6) is -0.752. The zero-order valence-corrected chi connectivity index (χ0v) is 6.51. The molecule has 2 aromatic heterocycles. The first-order chi connectivity index (χ1) is 6.16. The second-order valence-corrected chi connectivity index (χ2v) is 2.51. The van der Waals surface area contributed by atoms with Crippen LogP contribution < -0.4 is 5.73 Å². The Morgan fingerprint density at radius 2 is 2.38 bits per heavy atom. The summed E-state index contributed by atoms with van der Waals surface area (Å²) in [6, 6.07) is 1.51. The number of rotatable bonds is 1. The summed E-state index contributed by atoms with van der Waals surface area (Å²) in [4.78, 5) is 18.1. The normalized spacial score (nSPS) is 10.5. The molecular formula is C7H6N4O2. The largest absolute Gasteiger partial charge is 0.476 e. The third-order valence-corrected chi connectivity index (χ3v) is 1.59. The van der Waals surface area contributed by atoms with E-state index in [1.807, 2.05) is 0 Å². The van der Waals surface area contributed by atoms with Crippen LogP contribution in [0.25, 0.3) is 5.65 Å². The van der Waals surface area contributed by atoms with E-state index in [2.05, 4.69) is 9.97 Å². The molecule has 0 spiro atoms. The molecule has 13 heavy (non-hydrogen) atoms. The van der Waals surface area contributed by atoms with Gasteiger partial charge in [0.1, 0.15) is 17.8 Å². The van der Waals surface area contributed by atoms with Gasteiger partial charge in [-0.05, 0) is 0 Å². The Morgan fingerprint density at radius 3 is 3.08 bits per heavy atom. The lowest BCUT2D eigenvalue weighted by Gasteiger charge is -1.91. The fourth-order valence-electron chi connectivity index (χ4n) is 1.01. The second-order valence-electron chi connectivity index (χ2n) is 2.51. The van der Waals surface area contributed by atoms with Gasteiger partial charge in [-0.2, -0.15) is 0 Å². The molecule has 0 amide bonds. The summed E-state index contributed by atoms with van der Waals surface area (Å²) >= 11 is 0. The van der Waals surface area contributed by atoms with Gasteiger partial charge in [-0.1, -0.05) is 0 Å². The highest BCUT2D eigenvalue weighted by atomic mass is 16.4. The van der Waals surface area contributed by atoms with Gasteiger partial charge in [0.05, 0.1) is 0 Å². The smallest absolute Gasteiger partial charge is 0.356 e. The number of imidazole rings is 1. The molecule has 6 nitrogen and oxygen atoms in total. The molecule has 3 N–H and O–H groups in total. The maximum atomic E-state index is 10.5. The SMILES string of the molecule is Nc1cc2nc(C(=O)O)cn2cn1. The number of anilines is 1. The van der Waals surface area contributed by atoms with Crippen molar-refractivity contribution in [1.82, 2.24) is 14.4 Å². The van der Waals surface area contributed by atoms with Crippen LogP contribution in [0.15, 0.2) is 18.6 Å². The fourth-order valence-corrected chi connectivity index (χ4v) is 1.01. The lowest BCUT2D eigenvalue weighted by atomic mass is 10.5. The second kappa shape index (κ2) is 2.44. The third kappa shape index (κ3) is 1.18. The van der Waals surface area contributed by atoms with Crippen molar-refractivity contribution in [2.45, 2.75) is 0 Å². The Bertz CT molecular complexity index is 476. The first-order valence-corrected chi connectivity index (χ1v) is 3.50. The van der Waals surface area contributed by atoms with E-state index in [0.29, 0.717) is 11.5 Å². The van der Waals surface area contributed by atoms with Crippen molar-refractivity contribution in [3.63, 3.8) is 0 Å². The van der Waals surface area contributed by atoms with Gasteiger partial charge >= 0.3 is 5.97 Å². The molecule has 6 heteroatoms. The highest BCUT2D eigenvalue weighted by Crippen LogP contribution is 2.06. The summed E-state index contributed by atoms with van der Waals surface area (Å²) in [7, 11) is 0. The predicted octanol–water partition coefficient (Wildman–Crippen LogP) is 0.00970. The van der Waals surface area contributed by atoms with Gasteiger partial charge < -0.3 is 10.8 Å². The van der Waals surface area contributed by atoms with E-state index >= 15 is 0 Å². The minimum atomic E-state index is -1.07. The van der Waals surface area contributed by atoms with Gasteiger partial charge in [0.2, 0.25) is 0 Å². The van der Waals surface area contributed by atoms with Crippen LogP contribution in [0.1, 0.15) is 10.5 Å². The van der Waals surface area contributed by atoms with E-state index in [4.69, 9.17) is 10.8 Å². The predicted molar refractivity (Wildman–Crippen MR) is 44.4 cm³/mol. The highest BCUT2D eigenvalue weighted by molar-refractivity contribution is 5.86. The number of nitrogens with two attached hydrogens (primary N) is 1. The number of nitrogens with zero attached hydrogens (tertiary/aromatic N) is 3. The quantitative estimate of drug-likeness (QED) is 0.641. The van der Waals surface area contributed by atoms with Gasteiger partial charge in [-0.15, -0.1) is 0 Å². The van der Waals surface area contributed by atoms with Crippen LogP contribution in [0.3, 0.4) is 0 Å². The molecule has 0 aliphatic carbocycles. The van der Waals surface area contributed by atoms with E-state index in [1.54, 1.807) is 0 Å². The average Bonchev–Trinajstić information content (AvgIpc) is 2.46. The zero-order chi connectivity index (χ0) is 9.42. The number of carbonyl (C=O) groups is 1. The number of carboxylic acid groups (broad SMARTS) is 1. The lowest BCUT2D eigenvalue weighted by molar-refractivity contribution is 0.0691. The van der Waals surface area contributed by atoms with E-state index in [0.717, 1.165) is 0 Å². The summed E-state index contributed by atoms with van der Waals surface area (Å²) in [6.45, 7) is 0. The van der Waals surface area contributed by atoms with Crippen LogP contribution >= 0.6 is 0 Å². The number of aromatic carboxylic acids is 1. The molecule has 66 valence electrons. The summed E-state index contributed by atoms with van der Waals surface area (Å²) in [6.07, 6.45) is 2.80. The van der Waals surface area contributed by atoms with Gasteiger partial charge in [-0.25, -0.2) is 14.8 Å². The van der Waals surface area contributed by atoms with Crippen LogP contribution in [-0.2, 0) is 0 Å². The minimum Gasteiger partial charge on any atom is -0.476 e.